The highest BCUT2D eigenvalue weighted by Gasteiger charge is 2.40. The second kappa shape index (κ2) is 7.58. The van der Waals surface area contributed by atoms with Crippen LogP contribution in [0.15, 0.2) is 28.5 Å². The molecule has 9 heteroatoms. The lowest BCUT2D eigenvalue weighted by atomic mass is 9.91. The Bertz CT molecular complexity index is 1130. The van der Waals surface area contributed by atoms with E-state index in [-0.39, 0.29) is 17.4 Å². The van der Waals surface area contributed by atoms with Crippen LogP contribution in [0.1, 0.15) is 53.7 Å². The zero-order valence-electron chi connectivity index (χ0n) is 17.4. The molecular weight excluding hydrogens is 434 g/mol. The van der Waals surface area contributed by atoms with Gasteiger partial charge in [0.1, 0.15) is 9.81 Å². The van der Waals surface area contributed by atoms with E-state index < -0.39 is 21.5 Å². The molecule has 166 valence electrons. The number of benzene rings is 1. The molecule has 1 aromatic carbocycles. The van der Waals surface area contributed by atoms with Gasteiger partial charge >= 0.3 is 6.03 Å². The van der Waals surface area contributed by atoms with Gasteiger partial charge in [-0.25, -0.2) is 18.5 Å². The van der Waals surface area contributed by atoms with E-state index in [0.29, 0.717) is 16.7 Å². The Kier molecular flexibility index (Phi) is 5.12. The van der Waals surface area contributed by atoms with Crippen LogP contribution in [0, 0.1) is 10.7 Å². The van der Waals surface area contributed by atoms with Gasteiger partial charge in [0.25, 0.3) is 0 Å². The lowest BCUT2D eigenvalue weighted by molar-refractivity contribution is -0.182. The number of carbonyl (C=O) groups is 1. The minimum Gasteiger partial charge on any atom is -0.379 e. The Balaban J connectivity index is 1.36. The lowest BCUT2D eigenvalue weighted by Crippen LogP contribution is -2.45. The van der Waals surface area contributed by atoms with Crippen LogP contribution in [-0.2, 0) is 33.1 Å². The molecule has 1 saturated heterocycles. The van der Waals surface area contributed by atoms with E-state index in [0.717, 1.165) is 41.9 Å². The summed E-state index contributed by atoms with van der Waals surface area (Å²) in [5, 5.41) is 13.3. The minimum absolute atomic E-state index is 0.182. The molecule has 2 aliphatic carbocycles. The fourth-order valence-corrected chi connectivity index (χ4v) is 6.88. The number of nitrogens with one attached hydrogen (secondary N) is 3. The number of carbonyl (C=O) groups excluding carboxylic acids is 1. The van der Waals surface area contributed by atoms with E-state index in [1.54, 1.807) is 6.07 Å². The third kappa shape index (κ3) is 3.88. The molecule has 1 saturated carbocycles. The average Bonchev–Trinajstić information content (AvgIpc) is 3.22. The first kappa shape index (κ1) is 20.9. The first-order valence-corrected chi connectivity index (χ1v) is 13.1. The molecule has 2 fully saturated rings. The third-order valence-electron chi connectivity index (χ3n) is 6.61. The largest absolute Gasteiger partial charge is 0.379 e. The van der Waals surface area contributed by atoms with E-state index >= 15 is 0 Å². The molecule has 7 nitrogen and oxygen atoms in total. The summed E-state index contributed by atoms with van der Waals surface area (Å²) >= 11 is 1.08. The van der Waals surface area contributed by atoms with Crippen LogP contribution >= 0.6 is 11.3 Å². The van der Waals surface area contributed by atoms with Crippen molar-refractivity contribution >= 4 is 33.0 Å². The number of hydrogen-bond donors (Lipinski definition) is 4. The summed E-state index contributed by atoms with van der Waals surface area (Å²) in [4.78, 5) is 13.4. The number of aryl methyl sites for hydroxylation is 1. The van der Waals surface area contributed by atoms with Crippen molar-refractivity contribution in [2.45, 2.75) is 54.8 Å². The van der Waals surface area contributed by atoms with Crippen LogP contribution in [0.5, 0.6) is 0 Å². The summed E-state index contributed by atoms with van der Waals surface area (Å²) in [5.41, 5.74) is 3.30. The van der Waals surface area contributed by atoms with E-state index in [4.69, 9.17) is 9.52 Å². The summed E-state index contributed by atoms with van der Waals surface area (Å²) in [5.74, 6) is 1.00. The SMILES string of the molecule is C[C@@H](c1ccc2c(c1NC(=O)N[S@@](=N)(=O)c1ccc(C3(O)COC3)s1)CCC2)C1CC1. The molecule has 0 radical (unpaired) electrons. The second-order valence-corrected chi connectivity index (χ2v) is 12.0. The van der Waals surface area contributed by atoms with Crippen LogP contribution < -0.4 is 10.0 Å². The van der Waals surface area contributed by atoms with Gasteiger partial charge in [-0.2, -0.15) is 0 Å². The molecule has 0 bridgehead atoms. The maximum absolute atomic E-state index is 13.0. The molecule has 2 amide bonds. The van der Waals surface area contributed by atoms with E-state index in [9.17, 15) is 14.1 Å². The quantitative estimate of drug-likeness (QED) is 0.519. The normalized spacial score (nSPS) is 22.1. The fraction of sp³-hybridized carbons (Fsp3) is 0.500. The molecule has 4 N–H and O–H groups in total. The monoisotopic (exact) mass is 461 g/mol. The van der Waals surface area contributed by atoms with Crippen LogP contribution in [0.4, 0.5) is 10.5 Å². The molecule has 2 heterocycles. The zero-order valence-corrected chi connectivity index (χ0v) is 19.0. The van der Waals surface area contributed by atoms with Crippen LogP contribution in [-0.4, -0.2) is 28.6 Å². The zero-order chi connectivity index (χ0) is 21.8. The topological polar surface area (TPSA) is 112 Å². The number of anilines is 1. The molecule has 0 spiro atoms. The van der Waals surface area contributed by atoms with Crippen LogP contribution in [0.3, 0.4) is 0 Å². The summed E-state index contributed by atoms with van der Waals surface area (Å²) in [6, 6.07) is 6.84. The number of thiophene rings is 1. The van der Waals surface area contributed by atoms with Crippen molar-refractivity contribution in [3.63, 3.8) is 0 Å². The molecule has 31 heavy (non-hydrogen) atoms. The fourth-order valence-electron chi connectivity index (χ4n) is 4.54. The van der Waals surface area contributed by atoms with Crippen molar-refractivity contribution in [3.05, 3.63) is 45.8 Å². The summed E-state index contributed by atoms with van der Waals surface area (Å²) in [6.45, 7) is 2.56. The van der Waals surface area contributed by atoms with Gasteiger partial charge in [-0.15, -0.1) is 11.3 Å². The Morgan fingerprint density at radius 2 is 2.06 bits per heavy atom. The number of rotatable bonds is 6. The van der Waals surface area contributed by atoms with Gasteiger partial charge in [-0.1, -0.05) is 19.1 Å². The molecule has 3 aliphatic rings. The Hall–Kier alpha value is -1.94. The van der Waals surface area contributed by atoms with Gasteiger partial charge in [0.05, 0.1) is 13.2 Å². The van der Waals surface area contributed by atoms with Gasteiger partial charge in [0, 0.05) is 10.6 Å². The molecule has 2 aromatic rings. The van der Waals surface area contributed by atoms with E-state index in [1.807, 2.05) is 0 Å². The minimum atomic E-state index is -3.55. The van der Waals surface area contributed by atoms with Gasteiger partial charge < -0.3 is 15.2 Å². The number of hydrogen-bond acceptors (Lipinski definition) is 6. The van der Waals surface area contributed by atoms with Crippen LogP contribution in [0.2, 0.25) is 0 Å². The van der Waals surface area contributed by atoms with Crippen molar-refractivity contribution in [1.29, 1.82) is 4.78 Å². The van der Waals surface area contributed by atoms with Gasteiger partial charge in [-0.3, -0.25) is 0 Å². The summed E-state index contributed by atoms with van der Waals surface area (Å²) in [6.07, 6.45) is 5.41. The van der Waals surface area contributed by atoms with Crippen LogP contribution in [0.25, 0.3) is 0 Å². The average molecular weight is 462 g/mol. The summed E-state index contributed by atoms with van der Waals surface area (Å²) in [7, 11) is -3.55. The van der Waals surface area contributed by atoms with Gasteiger partial charge in [0.15, 0.2) is 9.92 Å². The molecule has 1 aromatic heterocycles. The number of amides is 2. The highest BCUT2D eigenvalue weighted by molar-refractivity contribution is 7.93. The third-order valence-corrected chi connectivity index (χ3v) is 9.82. The van der Waals surface area contributed by atoms with E-state index in [1.165, 1.54) is 30.0 Å². The number of fused-ring (bicyclic) bond motifs is 1. The van der Waals surface area contributed by atoms with E-state index in [2.05, 4.69) is 29.1 Å². The predicted octanol–water partition coefficient (Wildman–Crippen LogP) is 4.11. The second-order valence-electron chi connectivity index (χ2n) is 8.90. The first-order chi connectivity index (χ1) is 14.8. The predicted molar refractivity (Wildman–Crippen MR) is 120 cm³/mol. The van der Waals surface area contributed by atoms with Gasteiger partial charge in [0.2, 0.25) is 0 Å². The van der Waals surface area contributed by atoms with Crippen molar-refractivity contribution < 1.29 is 18.8 Å². The maximum Gasteiger partial charge on any atom is 0.331 e. The van der Waals surface area contributed by atoms with Crippen molar-refractivity contribution in [1.82, 2.24) is 4.72 Å². The van der Waals surface area contributed by atoms with Crippen molar-refractivity contribution in [3.8, 4) is 0 Å². The highest BCUT2D eigenvalue weighted by Crippen LogP contribution is 2.46. The molecule has 5 rings (SSSR count). The van der Waals surface area contributed by atoms with Gasteiger partial charge in [-0.05, 0) is 72.8 Å². The standard InChI is InChI=1S/C22H27N3O4S2/c1-13(14-5-6-14)16-8-7-15-3-2-4-17(15)20(16)24-21(26)25-31(23,28)19-10-9-18(30-19)22(27)11-29-12-22/h7-10,13-14,27H,2-6,11-12H2,1H3,(H3,23,24,25,26,28)/t13-,31-/m1/s1. The molecule has 1 aliphatic heterocycles. The number of aliphatic hydroxyl groups is 1. The number of ether oxygens (including phenoxy) is 1. The van der Waals surface area contributed by atoms with Crippen molar-refractivity contribution in [2.75, 3.05) is 18.5 Å². The number of urea groups is 1. The maximum atomic E-state index is 13.0. The highest BCUT2D eigenvalue weighted by atomic mass is 32.2. The Morgan fingerprint density at radius 3 is 2.74 bits per heavy atom. The molecule has 0 unspecified atom stereocenters. The first-order valence-electron chi connectivity index (χ1n) is 10.7. The van der Waals surface area contributed by atoms with Crippen molar-refractivity contribution in [2.24, 2.45) is 5.92 Å². The molecule has 2 atom stereocenters. The Morgan fingerprint density at radius 1 is 1.29 bits per heavy atom. The lowest BCUT2D eigenvalue weighted by Gasteiger charge is -2.35. The summed E-state index contributed by atoms with van der Waals surface area (Å²) < 4.78 is 28.9. The molecular formula is C22H27N3O4S2. The smallest absolute Gasteiger partial charge is 0.331 e. The Labute approximate surface area is 186 Å².